The van der Waals surface area contributed by atoms with Crippen molar-refractivity contribution in [2.24, 2.45) is 5.92 Å². The summed E-state index contributed by atoms with van der Waals surface area (Å²) in [6.45, 7) is 2.27. The van der Waals surface area contributed by atoms with E-state index in [0.717, 1.165) is 0 Å². The van der Waals surface area contributed by atoms with Gasteiger partial charge in [-0.1, -0.05) is 11.6 Å². The largest absolute Gasteiger partial charge is 0.478 e. The molecular formula is C11H12ClN3O2. The fraction of sp³-hybridized carbons (Fsp3) is 0.364. The van der Waals surface area contributed by atoms with E-state index in [1.807, 2.05) is 0 Å². The summed E-state index contributed by atoms with van der Waals surface area (Å²) in [6.07, 6.45) is 1.25. The third-order valence-corrected chi connectivity index (χ3v) is 2.48. The minimum Gasteiger partial charge on any atom is -0.478 e. The Morgan fingerprint density at radius 3 is 2.88 bits per heavy atom. The van der Waals surface area contributed by atoms with E-state index in [1.54, 1.807) is 18.9 Å². The number of aromatic carboxylic acids is 1. The molecule has 1 aromatic heterocycles. The molecule has 0 spiro atoms. The lowest BCUT2D eigenvalue weighted by molar-refractivity contribution is 0.0696. The van der Waals surface area contributed by atoms with Crippen LogP contribution in [0.1, 0.15) is 17.3 Å². The van der Waals surface area contributed by atoms with Gasteiger partial charge in [0.1, 0.15) is 5.82 Å². The van der Waals surface area contributed by atoms with E-state index in [9.17, 15) is 4.79 Å². The van der Waals surface area contributed by atoms with E-state index in [1.165, 1.54) is 12.3 Å². The zero-order valence-corrected chi connectivity index (χ0v) is 10.3. The molecule has 0 saturated heterocycles. The summed E-state index contributed by atoms with van der Waals surface area (Å²) < 4.78 is 0. The number of halogens is 1. The van der Waals surface area contributed by atoms with Gasteiger partial charge in [0.2, 0.25) is 0 Å². The van der Waals surface area contributed by atoms with Gasteiger partial charge in [-0.15, -0.1) is 0 Å². The molecule has 17 heavy (non-hydrogen) atoms. The number of hydrogen-bond acceptors (Lipinski definition) is 4. The quantitative estimate of drug-likeness (QED) is 0.888. The van der Waals surface area contributed by atoms with Gasteiger partial charge in [-0.3, -0.25) is 0 Å². The summed E-state index contributed by atoms with van der Waals surface area (Å²) in [7, 11) is 1.75. The van der Waals surface area contributed by atoms with Crippen LogP contribution in [-0.4, -0.2) is 29.7 Å². The number of aromatic nitrogens is 1. The van der Waals surface area contributed by atoms with Crippen LogP contribution in [0.3, 0.4) is 0 Å². The Morgan fingerprint density at radius 1 is 1.76 bits per heavy atom. The van der Waals surface area contributed by atoms with Crippen LogP contribution in [0.15, 0.2) is 12.3 Å². The van der Waals surface area contributed by atoms with Gasteiger partial charge >= 0.3 is 5.97 Å². The molecule has 1 heterocycles. The van der Waals surface area contributed by atoms with Gasteiger partial charge in [0, 0.05) is 19.8 Å². The maximum absolute atomic E-state index is 10.7. The molecule has 90 valence electrons. The molecule has 0 fully saturated rings. The number of carbonyl (C=O) groups is 1. The average molecular weight is 254 g/mol. The Labute approximate surface area is 104 Å². The van der Waals surface area contributed by atoms with E-state index in [0.29, 0.717) is 12.4 Å². The molecule has 1 atom stereocenters. The summed E-state index contributed by atoms with van der Waals surface area (Å²) in [4.78, 5) is 16.4. The first-order valence-electron chi connectivity index (χ1n) is 4.95. The summed E-state index contributed by atoms with van der Waals surface area (Å²) in [5, 5.41) is 17.7. The number of anilines is 1. The van der Waals surface area contributed by atoms with Crippen molar-refractivity contribution >= 4 is 23.4 Å². The Hall–Kier alpha value is -1.80. The van der Waals surface area contributed by atoms with E-state index in [-0.39, 0.29) is 16.5 Å². The van der Waals surface area contributed by atoms with Crippen LogP contribution in [0.2, 0.25) is 5.02 Å². The Morgan fingerprint density at radius 2 is 2.41 bits per heavy atom. The second-order valence-electron chi connectivity index (χ2n) is 3.75. The lowest BCUT2D eigenvalue weighted by Crippen LogP contribution is -2.24. The van der Waals surface area contributed by atoms with Gasteiger partial charge < -0.3 is 10.0 Å². The molecule has 0 amide bonds. The SMILES string of the molecule is CC(C#N)CN(C)c1ncc(C(=O)O)cc1Cl. The highest BCUT2D eigenvalue weighted by Crippen LogP contribution is 2.23. The number of carboxylic acids is 1. The smallest absolute Gasteiger partial charge is 0.337 e. The molecule has 0 aliphatic carbocycles. The Bertz CT molecular complexity index is 470. The second-order valence-corrected chi connectivity index (χ2v) is 4.15. The summed E-state index contributed by atoms with van der Waals surface area (Å²) in [5.74, 6) is -0.755. The topological polar surface area (TPSA) is 77.2 Å². The van der Waals surface area contributed by atoms with Crippen LogP contribution in [0, 0.1) is 17.2 Å². The average Bonchev–Trinajstić information content (AvgIpc) is 2.28. The minimum absolute atomic E-state index is 0.0421. The molecule has 0 saturated carbocycles. The van der Waals surface area contributed by atoms with Crippen molar-refractivity contribution in [2.45, 2.75) is 6.92 Å². The molecule has 0 aromatic carbocycles. The number of nitrogens with zero attached hydrogens (tertiary/aromatic N) is 3. The number of carboxylic acid groups (broad SMARTS) is 1. The summed E-state index contributed by atoms with van der Waals surface area (Å²) >= 11 is 5.94. The third kappa shape index (κ3) is 3.33. The molecule has 0 aliphatic rings. The fourth-order valence-electron chi connectivity index (χ4n) is 1.37. The highest BCUT2D eigenvalue weighted by atomic mass is 35.5. The standard InChI is InChI=1S/C11H12ClN3O2/c1-7(4-13)6-15(2)10-9(12)3-8(5-14-10)11(16)17/h3,5,7H,6H2,1-2H3,(H,16,17). The van der Waals surface area contributed by atoms with Crippen molar-refractivity contribution in [2.75, 3.05) is 18.5 Å². The van der Waals surface area contributed by atoms with Gasteiger partial charge in [-0.2, -0.15) is 5.26 Å². The number of nitriles is 1. The van der Waals surface area contributed by atoms with Crippen LogP contribution in [0.4, 0.5) is 5.82 Å². The van der Waals surface area contributed by atoms with Gasteiger partial charge in [-0.25, -0.2) is 9.78 Å². The third-order valence-electron chi connectivity index (χ3n) is 2.20. The molecule has 0 bridgehead atoms. The number of hydrogen-bond donors (Lipinski definition) is 1. The molecular weight excluding hydrogens is 242 g/mol. The molecule has 5 nitrogen and oxygen atoms in total. The van der Waals surface area contributed by atoms with Crippen LogP contribution in [0.25, 0.3) is 0 Å². The van der Waals surface area contributed by atoms with Crippen LogP contribution >= 0.6 is 11.6 Å². The predicted molar refractivity (Wildman–Crippen MR) is 64.3 cm³/mol. The van der Waals surface area contributed by atoms with Crippen molar-refractivity contribution in [3.05, 3.63) is 22.8 Å². The van der Waals surface area contributed by atoms with Crippen molar-refractivity contribution in [3.8, 4) is 6.07 Å². The zero-order valence-electron chi connectivity index (χ0n) is 9.51. The monoisotopic (exact) mass is 253 g/mol. The normalized spacial score (nSPS) is 11.6. The highest BCUT2D eigenvalue weighted by molar-refractivity contribution is 6.33. The highest BCUT2D eigenvalue weighted by Gasteiger charge is 2.13. The first kappa shape index (κ1) is 13.3. The molecule has 1 N–H and O–H groups in total. The number of rotatable bonds is 4. The molecule has 1 unspecified atom stereocenters. The van der Waals surface area contributed by atoms with E-state index < -0.39 is 5.97 Å². The zero-order chi connectivity index (χ0) is 13.0. The van der Waals surface area contributed by atoms with Gasteiger partial charge in [0.15, 0.2) is 0 Å². The van der Waals surface area contributed by atoms with Crippen molar-refractivity contribution in [1.29, 1.82) is 5.26 Å². The Balaban J connectivity index is 2.93. The van der Waals surface area contributed by atoms with Gasteiger partial charge in [0.05, 0.1) is 22.6 Å². The Kier molecular flexibility index (Phi) is 4.30. The van der Waals surface area contributed by atoms with Crippen LogP contribution in [0.5, 0.6) is 0 Å². The first-order valence-corrected chi connectivity index (χ1v) is 5.33. The lowest BCUT2D eigenvalue weighted by atomic mass is 10.2. The van der Waals surface area contributed by atoms with Crippen molar-refractivity contribution in [1.82, 2.24) is 4.98 Å². The molecule has 0 radical (unpaired) electrons. The van der Waals surface area contributed by atoms with Crippen LogP contribution in [-0.2, 0) is 0 Å². The van der Waals surface area contributed by atoms with E-state index in [4.69, 9.17) is 22.0 Å². The van der Waals surface area contributed by atoms with Crippen molar-refractivity contribution < 1.29 is 9.90 Å². The second kappa shape index (κ2) is 5.51. The first-order chi connectivity index (χ1) is 7.95. The maximum Gasteiger partial charge on any atom is 0.337 e. The molecule has 1 rings (SSSR count). The lowest BCUT2D eigenvalue weighted by Gasteiger charge is -2.20. The van der Waals surface area contributed by atoms with E-state index in [2.05, 4.69) is 11.1 Å². The maximum atomic E-state index is 10.7. The number of pyridine rings is 1. The molecule has 6 heteroatoms. The molecule has 0 aliphatic heterocycles. The minimum atomic E-state index is -1.07. The van der Waals surface area contributed by atoms with Crippen LogP contribution < -0.4 is 4.90 Å². The summed E-state index contributed by atoms with van der Waals surface area (Å²) in [5.41, 5.74) is 0.0421. The van der Waals surface area contributed by atoms with E-state index >= 15 is 0 Å². The summed E-state index contributed by atoms with van der Waals surface area (Å²) in [6, 6.07) is 3.46. The van der Waals surface area contributed by atoms with Crippen molar-refractivity contribution in [3.63, 3.8) is 0 Å². The fourth-order valence-corrected chi connectivity index (χ4v) is 1.68. The molecule has 1 aromatic rings. The van der Waals surface area contributed by atoms with Gasteiger partial charge in [-0.05, 0) is 13.0 Å². The van der Waals surface area contributed by atoms with Gasteiger partial charge in [0.25, 0.3) is 0 Å². The predicted octanol–water partition coefficient (Wildman–Crippen LogP) is 2.03.